The van der Waals surface area contributed by atoms with E-state index in [2.05, 4.69) is 30.7 Å². The fourth-order valence-corrected chi connectivity index (χ4v) is 6.51. The van der Waals surface area contributed by atoms with Crippen LogP contribution in [0, 0.1) is 11.8 Å². The van der Waals surface area contributed by atoms with Gasteiger partial charge in [0.1, 0.15) is 0 Å². The first-order chi connectivity index (χ1) is 25.7. The number of hydrogen-bond donors (Lipinski definition) is 4. The van der Waals surface area contributed by atoms with Gasteiger partial charge in [0.05, 0.1) is 48.4 Å². The van der Waals surface area contributed by atoms with E-state index in [4.69, 9.17) is 24.4 Å². The van der Waals surface area contributed by atoms with E-state index in [0.29, 0.717) is 50.2 Å². The molecule has 2 aromatic carbocycles. The molecule has 1 aliphatic heterocycles. The zero-order valence-electron chi connectivity index (χ0n) is 31.0. The molecule has 0 unspecified atom stereocenters. The van der Waals surface area contributed by atoms with Crippen molar-refractivity contribution in [3.8, 4) is 0 Å². The van der Waals surface area contributed by atoms with E-state index in [1.54, 1.807) is 0 Å². The highest BCUT2D eigenvalue weighted by atomic mass is 32.1. The quantitative estimate of drug-likeness (QED) is 0.0693. The second-order valence-corrected chi connectivity index (χ2v) is 15.1. The number of anilines is 2. The summed E-state index contributed by atoms with van der Waals surface area (Å²) in [5.41, 5.74) is -6.92. The smallest absolute Gasteiger partial charge is 0.359 e. The van der Waals surface area contributed by atoms with Crippen molar-refractivity contribution >= 4 is 52.4 Å². The van der Waals surface area contributed by atoms with Gasteiger partial charge in [0.25, 0.3) is 0 Å². The van der Waals surface area contributed by atoms with E-state index in [-0.39, 0.29) is 46.3 Å². The molecule has 2 atom stereocenters. The number of nitrogens with one attached hydrogen (secondary N) is 4. The molecule has 56 heavy (non-hydrogen) atoms. The van der Waals surface area contributed by atoms with Crippen LogP contribution >= 0.6 is 24.4 Å². The van der Waals surface area contributed by atoms with E-state index < -0.39 is 58.3 Å². The van der Waals surface area contributed by atoms with Crippen LogP contribution in [-0.2, 0) is 24.7 Å². The van der Waals surface area contributed by atoms with Crippen molar-refractivity contribution in [2.24, 2.45) is 11.8 Å². The van der Waals surface area contributed by atoms with Crippen molar-refractivity contribution in [3.05, 3.63) is 58.7 Å². The Labute approximate surface area is 328 Å². The van der Waals surface area contributed by atoms with Crippen LogP contribution in [0.5, 0.6) is 0 Å². The number of benzene rings is 2. The summed E-state index contributed by atoms with van der Waals surface area (Å²) in [7, 11) is 0. The molecule has 0 aromatic heterocycles. The summed E-state index contributed by atoms with van der Waals surface area (Å²) in [6.45, 7) is 10.00. The van der Waals surface area contributed by atoms with Gasteiger partial charge < -0.3 is 21.3 Å². The second-order valence-electron chi connectivity index (χ2n) is 14.3. The van der Waals surface area contributed by atoms with Crippen molar-refractivity contribution in [1.29, 1.82) is 0 Å². The molecule has 314 valence electrons. The molecule has 0 bridgehead atoms. The SMILES string of the molecule is CC(C)[C@@H](CCN(C=[N+]1CCCCC1)CC[C@@H](NC(=S)Nc1cc(C(F)(F)F)cc(C(F)(F)F)c1)C(C)C)NC(=S)Nc1cc(C(F)(F)F)cc(C(F)(F)F)c1. The Balaban J connectivity index is 1.74. The molecule has 4 N–H and O–H groups in total. The summed E-state index contributed by atoms with van der Waals surface area (Å²) in [6.07, 6.45) is -14.2. The summed E-state index contributed by atoms with van der Waals surface area (Å²) < 4.78 is 163. The van der Waals surface area contributed by atoms with Gasteiger partial charge in [-0.15, -0.1) is 0 Å². The van der Waals surface area contributed by atoms with Crippen LogP contribution in [0.15, 0.2) is 36.4 Å². The largest absolute Gasteiger partial charge is 0.416 e. The monoisotopic (exact) mass is 853 g/mol. The van der Waals surface area contributed by atoms with Crippen LogP contribution in [0.1, 0.15) is 82.1 Å². The fourth-order valence-electron chi connectivity index (χ4n) is 5.97. The van der Waals surface area contributed by atoms with Crippen LogP contribution in [0.25, 0.3) is 0 Å². The number of nitrogens with zero attached hydrogens (tertiary/aromatic N) is 2. The number of halogens is 12. The Bertz CT molecular complexity index is 1490. The molecule has 0 aliphatic carbocycles. The van der Waals surface area contributed by atoms with Gasteiger partial charge in [0.2, 0.25) is 6.34 Å². The first-order valence-corrected chi connectivity index (χ1v) is 18.6. The minimum absolute atomic E-state index is 0.0266. The van der Waals surface area contributed by atoms with E-state index in [9.17, 15) is 52.7 Å². The van der Waals surface area contributed by atoms with Crippen LogP contribution < -0.4 is 21.3 Å². The van der Waals surface area contributed by atoms with Crippen LogP contribution in [0.2, 0.25) is 0 Å². The molecule has 0 saturated carbocycles. The van der Waals surface area contributed by atoms with Crippen LogP contribution in [0.3, 0.4) is 0 Å². The summed E-state index contributed by atoms with van der Waals surface area (Å²) in [5, 5.41) is 10.6. The van der Waals surface area contributed by atoms with E-state index in [1.807, 2.05) is 34.0 Å². The average molecular weight is 854 g/mol. The molecule has 1 saturated heterocycles. The average Bonchev–Trinajstić information content (AvgIpc) is 3.06. The van der Waals surface area contributed by atoms with Crippen molar-refractivity contribution in [2.75, 3.05) is 36.8 Å². The fraction of sp³-hybridized carbons (Fsp3) is 0.583. The predicted octanol–water partition coefficient (Wildman–Crippen LogP) is 10.4. The third-order valence-corrected chi connectivity index (χ3v) is 9.55. The highest BCUT2D eigenvalue weighted by Crippen LogP contribution is 2.39. The van der Waals surface area contributed by atoms with Gasteiger partial charge in [-0.25, -0.2) is 0 Å². The normalized spacial score (nSPS) is 15.4. The molecule has 20 heteroatoms. The standard InChI is InChI=1S/C36H44F12N6S2/c1-21(2)29(51-31(55)49-27-16-23(33(37,38)39)14-24(17-27)34(40,41)42)8-12-54(20-53-10-6-5-7-11-53)13-9-30(22(3)4)52-32(56)50-28-18-25(35(43,44)45)15-26(19-28)36(46,47)48/h14-22,29-30H,5-13H2,1-4H3,(H3-,49,50,51,52,55,56)/p+1/t29-,30-/m1/s1. The van der Waals surface area contributed by atoms with Gasteiger partial charge in [0.15, 0.2) is 10.2 Å². The maximum atomic E-state index is 13.4. The number of alkyl halides is 12. The molecule has 6 nitrogen and oxygen atoms in total. The zero-order chi connectivity index (χ0) is 42.2. The minimum atomic E-state index is -5.03. The summed E-state index contributed by atoms with van der Waals surface area (Å²) in [4.78, 5) is 2.05. The highest BCUT2D eigenvalue weighted by Gasteiger charge is 2.38. The Morgan fingerprint density at radius 3 is 1.20 bits per heavy atom. The molecule has 0 spiro atoms. The summed E-state index contributed by atoms with van der Waals surface area (Å²) in [6, 6.07) is 1.49. The van der Waals surface area contributed by atoms with Gasteiger partial charge >= 0.3 is 24.7 Å². The maximum absolute atomic E-state index is 13.4. The Hall–Kier alpha value is -3.55. The third-order valence-electron chi connectivity index (χ3n) is 9.11. The third kappa shape index (κ3) is 15.1. The van der Waals surface area contributed by atoms with Gasteiger partial charge in [-0.1, -0.05) is 27.7 Å². The summed E-state index contributed by atoms with van der Waals surface area (Å²) in [5.74, 6) is -0.165. The molecule has 1 aliphatic rings. The molecular formula is C36H45F12N6S2+. The Morgan fingerprint density at radius 1 is 0.589 bits per heavy atom. The van der Waals surface area contributed by atoms with E-state index in [1.165, 1.54) is 0 Å². The van der Waals surface area contributed by atoms with E-state index in [0.717, 1.165) is 32.4 Å². The topological polar surface area (TPSA) is 54.4 Å². The first kappa shape index (κ1) is 46.8. The van der Waals surface area contributed by atoms with Crippen molar-refractivity contribution in [2.45, 2.75) is 96.6 Å². The van der Waals surface area contributed by atoms with Crippen LogP contribution in [-0.4, -0.2) is 64.3 Å². The number of rotatable bonds is 13. The lowest BCUT2D eigenvalue weighted by Crippen LogP contribution is -2.45. The highest BCUT2D eigenvalue weighted by molar-refractivity contribution is 7.80. The lowest BCUT2D eigenvalue weighted by atomic mass is 9.99. The lowest BCUT2D eigenvalue weighted by Gasteiger charge is -2.28. The van der Waals surface area contributed by atoms with Gasteiger partial charge in [-0.3, -0.25) is 9.48 Å². The second kappa shape index (κ2) is 19.3. The minimum Gasteiger partial charge on any atom is -0.359 e. The predicted molar refractivity (Wildman–Crippen MR) is 200 cm³/mol. The molecule has 1 heterocycles. The van der Waals surface area contributed by atoms with Gasteiger partial charge in [0, 0.05) is 36.3 Å². The Kier molecular flexibility index (Phi) is 16.1. The molecule has 2 aromatic rings. The molecule has 3 rings (SSSR count). The van der Waals surface area contributed by atoms with Crippen molar-refractivity contribution in [3.63, 3.8) is 0 Å². The number of thiocarbonyl (C=S) groups is 2. The lowest BCUT2D eigenvalue weighted by molar-refractivity contribution is -0.537. The molecule has 0 radical (unpaired) electrons. The van der Waals surface area contributed by atoms with Gasteiger partial charge in [-0.05, 0) is 91.9 Å². The van der Waals surface area contributed by atoms with Gasteiger partial charge in [-0.2, -0.15) is 52.7 Å². The Morgan fingerprint density at radius 2 is 0.911 bits per heavy atom. The maximum Gasteiger partial charge on any atom is 0.416 e. The molecule has 0 amide bonds. The first-order valence-electron chi connectivity index (χ1n) is 17.8. The number of hydrogen-bond acceptors (Lipinski definition) is 2. The van der Waals surface area contributed by atoms with E-state index >= 15 is 0 Å². The van der Waals surface area contributed by atoms with Crippen LogP contribution in [0.4, 0.5) is 64.1 Å². The zero-order valence-corrected chi connectivity index (χ0v) is 32.6. The number of piperidine rings is 1. The molecular weight excluding hydrogens is 809 g/mol. The van der Waals surface area contributed by atoms with Crippen molar-refractivity contribution in [1.82, 2.24) is 15.5 Å². The molecule has 1 fully saturated rings. The summed E-state index contributed by atoms with van der Waals surface area (Å²) >= 11 is 10.6. The van der Waals surface area contributed by atoms with Crippen molar-refractivity contribution < 1.29 is 57.3 Å².